The number of hydrogen-bond donors (Lipinski definition) is 1. The van der Waals surface area contributed by atoms with Crippen LogP contribution in [0.2, 0.25) is 0 Å². The maximum Gasteiger partial charge on any atom is 0.325 e. The van der Waals surface area contributed by atoms with Gasteiger partial charge in [0.1, 0.15) is 11.8 Å². The van der Waals surface area contributed by atoms with Gasteiger partial charge in [-0.2, -0.15) is 0 Å². The number of carboxylic acid groups (broad SMARTS) is 1. The van der Waals surface area contributed by atoms with Gasteiger partial charge in [0.25, 0.3) is 0 Å². The first-order chi connectivity index (χ1) is 10.1. The van der Waals surface area contributed by atoms with Gasteiger partial charge in [0.05, 0.1) is 7.11 Å². The number of nitrogens with zero attached hydrogens (tertiary/aromatic N) is 2. The number of likely N-dealkylation sites (N-methyl/N-ethyl adjacent to an activating group) is 1. The van der Waals surface area contributed by atoms with Gasteiger partial charge in [-0.05, 0) is 36.4 Å². The normalized spacial score (nSPS) is 12.1. The molecule has 2 aromatic rings. The molecular weight excluding hydrogens is 268 g/mol. The average molecular weight is 286 g/mol. The first kappa shape index (κ1) is 15.0. The van der Waals surface area contributed by atoms with Gasteiger partial charge < -0.3 is 9.84 Å². The fourth-order valence-electron chi connectivity index (χ4n) is 2.27. The van der Waals surface area contributed by atoms with Gasteiger partial charge in [-0.15, -0.1) is 0 Å². The topological polar surface area (TPSA) is 62.7 Å². The van der Waals surface area contributed by atoms with E-state index in [1.54, 1.807) is 55.7 Å². The number of carboxylic acids is 1. The van der Waals surface area contributed by atoms with Gasteiger partial charge in [0, 0.05) is 18.9 Å². The lowest BCUT2D eigenvalue weighted by atomic mass is 10.0. The van der Waals surface area contributed by atoms with E-state index in [-0.39, 0.29) is 0 Å². The fraction of sp³-hybridized carbons (Fsp3) is 0.250. The van der Waals surface area contributed by atoms with Crippen molar-refractivity contribution < 1.29 is 14.6 Å². The van der Waals surface area contributed by atoms with E-state index in [9.17, 15) is 9.90 Å². The summed E-state index contributed by atoms with van der Waals surface area (Å²) in [6.07, 6.45) is 3.43. The molecule has 0 fully saturated rings. The molecule has 1 heterocycles. The highest BCUT2D eigenvalue weighted by atomic mass is 16.5. The third-order valence-corrected chi connectivity index (χ3v) is 3.24. The van der Waals surface area contributed by atoms with Crippen molar-refractivity contribution in [3.05, 3.63) is 59.9 Å². The van der Waals surface area contributed by atoms with Crippen LogP contribution in [0.15, 0.2) is 48.8 Å². The predicted octanol–water partition coefficient (Wildman–Crippen LogP) is 2.35. The summed E-state index contributed by atoms with van der Waals surface area (Å²) in [6, 6.07) is 10.2. The van der Waals surface area contributed by atoms with Crippen LogP contribution in [-0.2, 0) is 11.3 Å². The highest BCUT2D eigenvalue weighted by Gasteiger charge is 2.25. The molecule has 110 valence electrons. The summed E-state index contributed by atoms with van der Waals surface area (Å²) in [5.41, 5.74) is 1.65. The molecule has 1 unspecified atom stereocenters. The largest absolute Gasteiger partial charge is 0.497 e. The van der Waals surface area contributed by atoms with Crippen LogP contribution in [-0.4, -0.2) is 35.1 Å². The third kappa shape index (κ3) is 3.79. The van der Waals surface area contributed by atoms with Crippen LogP contribution in [0.3, 0.4) is 0 Å². The zero-order valence-electron chi connectivity index (χ0n) is 12.1. The molecular formula is C16H18N2O3. The summed E-state index contributed by atoms with van der Waals surface area (Å²) in [4.78, 5) is 17.5. The number of benzene rings is 1. The molecule has 0 bridgehead atoms. The van der Waals surface area contributed by atoms with Crippen molar-refractivity contribution in [1.82, 2.24) is 9.88 Å². The number of rotatable bonds is 6. The van der Waals surface area contributed by atoms with E-state index < -0.39 is 12.0 Å². The third-order valence-electron chi connectivity index (χ3n) is 3.24. The SMILES string of the molecule is COc1cccc(C(C(=O)O)N(C)Cc2cccnc2)c1. The summed E-state index contributed by atoms with van der Waals surface area (Å²) in [6.45, 7) is 0.502. The van der Waals surface area contributed by atoms with Crippen LogP contribution < -0.4 is 4.74 Å². The Morgan fingerprint density at radius 1 is 1.38 bits per heavy atom. The molecule has 1 aromatic heterocycles. The summed E-state index contributed by atoms with van der Waals surface area (Å²) >= 11 is 0. The van der Waals surface area contributed by atoms with E-state index in [1.165, 1.54) is 0 Å². The number of methoxy groups -OCH3 is 1. The number of aromatic nitrogens is 1. The summed E-state index contributed by atoms with van der Waals surface area (Å²) in [7, 11) is 3.35. The molecule has 0 aliphatic carbocycles. The molecule has 0 saturated carbocycles. The van der Waals surface area contributed by atoms with Crippen molar-refractivity contribution in [2.75, 3.05) is 14.2 Å². The minimum absolute atomic E-state index is 0.502. The van der Waals surface area contributed by atoms with E-state index in [4.69, 9.17) is 4.74 Å². The van der Waals surface area contributed by atoms with Crippen LogP contribution >= 0.6 is 0 Å². The Labute approximate surface area is 123 Å². The number of carbonyl (C=O) groups is 1. The van der Waals surface area contributed by atoms with Gasteiger partial charge >= 0.3 is 5.97 Å². The Bertz CT molecular complexity index is 601. The smallest absolute Gasteiger partial charge is 0.325 e. The van der Waals surface area contributed by atoms with Crippen molar-refractivity contribution in [2.24, 2.45) is 0 Å². The Morgan fingerprint density at radius 3 is 2.81 bits per heavy atom. The maximum absolute atomic E-state index is 11.6. The van der Waals surface area contributed by atoms with E-state index in [0.29, 0.717) is 17.9 Å². The summed E-state index contributed by atoms with van der Waals surface area (Å²) in [5, 5.41) is 9.54. The monoisotopic (exact) mass is 286 g/mol. The van der Waals surface area contributed by atoms with E-state index >= 15 is 0 Å². The Balaban J connectivity index is 2.23. The quantitative estimate of drug-likeness (QED) is 0.883. The Kier molecular flexibility index (Phi) is 4.90. The number of aliphatic carboxylic acids is 1. The lowest BCUT2D eigenvalue weighted by Crippen LogP contribution is -2.30. The van der Waals surface area contributed by atoms with Gasteiger partial charge in [0.15, 0.2) is 0 Å². The second kappa shape index (κ2) is 6.85. The van der Waals surface area contributed by atoms with Gasteiger partial charge in [-0.1, -0.05) is 18.2 Å². The van der Waals surface area contributed by atoms with Crippen molar-refractivity contribution in [3.63, 3.8) is 0 Å². The van der Waals surface area contributed by atoms with Crippen LogP contribution in [0, 0.1) is 0 Å². The zero-order valence-corrected chi connectivity index (χ0v) is 12.1. The van der Waals surface area contributed by atoms with Gasteiger partial charge in [-0.3, -0.25) is 14.7 Å². The first-order valence-corrected chi connectivity index (χ1v) is 6.57. The zero-order chi connectivity index (χ0) is 15.2. The van der Waals surface area contributed by atoms with E-state index in [2.05, 4.69) is 4.98 Å². The molecule has 1 aromatic carbocycles. The maximum atomic E-state index is 11.6. The Hall–Kier alpha value is -2.40. The highest BCUT2D eigenvalue weighted by molar-refractivity contribution is 5.75. The number of pyridine rings is 1. The fourth-order valence-corrected chi connectivity index (χ4v) is 2.27. The number of hydrogen-bond acceptors (Lipinski definition) is 4. The van der Waals surface area contributed by atoms with Crippen molar-refractivity contribution in [2.45, 2.75) is 12.6 Å². The molecule has 0 saturated heterocycles. The molecule has 0 amide bonds. The van der Waals surface area contributed by atoms with Crippen LogP contribution in [0.25, 0.3) is 0 Å². The first-order valence-electron chi connectivity index (χ1n) is 6.57. The molecule has 1 atom stereocenters. The lowest BCUT2D eigenvalue weighted by molar-refractivity contribution is -0.143. The molecule has 21 heavy (non-hydrogen) atoms. The van der Waals surface area contributed by atoms with Crippen molar-refractivity contribution in [1.29, 1.82) is 0 Å². The molecule has 0 spiro atoms. The number of ether oxygens (including phenoxy) is 1. The molecule has 0 aliphatic heterocycles. The molecule has 0 radical (unpaired) electrons. The van der Waals surface area contributed by atoms with Crippen molar-refractivity contribution in [3.8, 4) is 5.75 Å². The predicted molar refractivity (Wildman–Crippen MR) is 79.1 cm³/mol. The molecule has 5 nitrogen and oxygen atoms in total. The lowest BCUT2D eigenvalue weighted by Gasteiger charge is -2.25. The van der Waals surface area contributed by atoms with E-state index in [0.717, 1.165) is 5.56 Å². The second-order valence-corrected chi connectivity index (χ2v) is 4.79. The Morgan fingerprint density at radius 2 is 2.19 bits per heavy atom. The molecule has 2 rings (SSSR count). The summed E-state index contributed by atoms with van der Waals surface area (Å²) < 4.78 is 5.16. The standard InChI is InChI=1S/C16H18N2O3/c1-18(11-12-5-4-8-17-10-12)15(16(19)20)13-6-3-7-14(9-13)21-2/h3-10,15H,11H2,1-2H3,(H,19,20). The molecule has 0 aliphatic rings. The minimum atomic E-state index is -0.894. The minimum Gasteiger partial charge on any atom is -0.497 e. The van der Waals surface area contributed by atoms with Crippen molar-refractivity contribution >= 4 is 5.97 Å². The molecule has 5 heteroatoms. The average Bonchev–Trinajstić information content (AvgIpc) is 2.48. The molecule has 1 N–H and O–H groups in total. The second-order valence-electron chi connectivity index (χ2n) is 4.79. The van der Waals surface area contributed by atoms with Gasteiger partial charge in [-0.25, -0.2) is 0 Å². The summed E-state index contributed by atoms with van der Waals surface area (Å²) in [5.74, 6) is -0.247. The van der Waals surface area contributed by atoms with Crippen LogP contribution in [0.5, 0.6) is 5.75 Å². The van der Waals surface area contributed by atoms with E-state index in [1.807, 2.05) is 12.1 Å². The van der Waals surface area contributed by atoms with Crippen LogP contribution in [0.1, 0.15) is 17.2 Å². The van der Waals surface area contributed by atoms with Crippen LogP contribution in [0.4, 0.5) is 0 Å². The highest BCUT2D eigenvalue weighted by Crippen LogP contribution is 2.24. The van der Waals surface area contributed by atoms with Gasteiger partial charge in [0.2, 0.25) is 0 Å².